The summed E-state index contributed by atoms with van der Waals surface area (Å²) in [5.74, 6) is 1.89. The third-order valence-electron chi connectivity index (χ3n) is 4.53. The predicted octanol–water partition coefficient (Wildman–Crippen LogP) is 3.18. The van der Waals surface area contributed by atoms with Crippen molar-refractivity contribution in [2.75, 3.05) is 19.8 Å². The SMILES string of the molecule is O=C(NCCc1c2c(cc3c1OCC3)OCC2)c1ccc(Cl)cc1. The van der Waals surface area contributed by atoms with E-state index in [1.165, 1.54) is 16.7 Å². The molecule has 0 bridgehead atoms. The lowest BCUT2D eigenvalue weighted by Gasteiger charge is -2.13. The van der Waals surface area contributed by atoms with Gasteiger partial charge in [-0.05, 0) is 36.8 Å². The number of carbonyl (C=O) groups excluding carboxylic acids is 1. The largest absolute Gasteiger partial charge is 0.493 e. The van der Waals surface area contributed by atoms with E-state index in [0.29, 0.717) is 17.1 Å². The van der Waals surface area contributed by atoms with E-state index in [-0.39, 0.29) is 5.91 Å². The number of amides is 1. The van der Waals surface area contributed by atoms with Crippen molar-refractivity contribution in [3.05, 3.63) is 57.6 Å². The van der Waals surface area contributed by atoms with E-state index >= 15 is 0 Å². The monoisotopic (exact) mass is 343 g/mol. The maximum atomic E-state index is 12.2. The molecule has 4 nitrogen and oxygen atoms in total. The van der Waals surface area contributed by atoms with Crippen LogP contribution in [0, 0.1) is 0 Å². The average molecular weight is 344 g/mol. The zero-order chi connectivity index (χ0) is 16.5. The summed E-state index contributed by atoms with van der Waals surface area (Å²) in [7, 11) is 0. The van der Waals surface area contributed by atoms with Gasteiger partial charge >= 0.3 is 0 Å². The molecular weight excluding hydrogens is 326 g/mol. The summed E-state index contributed by atoms with van der Waals surface area (Å²) >= 11 is 5.85. The van der Waals surface area contributed by atoms with Crippen LogP contribution in [0.2, 0.25) is 5.02 Å². The minimum Gasteiger partial charge on any atom is -0.493 e. The van der Waals surface area contributed by atoms with Crippen molar-refractivity contribution in [3.8, 4) is 11.5 Å². The van der Waals surface area contributed by atoms with Crippen LogP contribution in [0.25, 0.3) is 0 Å². The number of halogens is 1. The summed E-state index contributed by atoms with van der Waals surface area (Å²) in [5.41, 5.74) is 4.25. The maximum Gasteiger partial charge on any atom is 0.251 e. The van der Waals surface area contributed by atoms with Crippen LogP contribution in [-0.2, 0) is 19.3 Å². The van der Waals surface area contributed by atoms with Crippen LogP contribution < -0.4 is 14.8 Å². The van der Waals surface area contributed by atoms with Crippen LogP contribution in [0.1, 0.15) is 27.0 Å². The molecule has 2 aliphatic rings. The van der Waals surface area contributed by atoms with Gasteiger partial charge in [-0.2, -0.15) is 0 Å². The van der Waals surface area contributed by atoms with Crippen molar-refractivity contribution in [3.63, 3.8) is 0 Å². The van der Waals surface area contributed by atoms with E-state index in [4.69, 9.17) is 21.1 Å². The molecule has 2 aliphatic heterocycles. The van der Waals surface area contributed by atoms with Gasteiger partial charge in [0.15, 0.2) is 0 Å². The first-order chi connectivity index (χ1) is 11.7. The molecule has 0 saturated heterocycles. The minimum absolute atomic E-state index is 0.0898. The molecule has 0 aromatic heterocycles. The molecule has 0 fully saturated rings. The van der Waals surface area contributed by atoms with Crippen LogP contribution in [-0.4, -0.2) is 25.7 Å². The van der Waals surface area contributed by atoms with E-state index < -0.39 is 0 Å². The van der Waals surface area contributed by atoms with Gasteiger partial charge < -0.3 is 14.8 Å². The minimum atomic E-state index is -0.0898. The van der Waals surface area contributed by atoms with Crippen molar-refractivity contribution >= 4 is 17.5 Å². The normalized spacial score (nSPS) is 14.5. The molecule has 0 unspecified atom stereocenters. The Bertz CT molecular complexity index is 754. The second-order valence-corrected chi connectivity index (χ2v) is 6.47. The number of carbonyl (C=O) groups is 1. The van der Waals surface area contributed by atoms with E-state index in [2.05, 4.69) is 11.4 Å². The Labute approximate surface area is 145 Å². The van der Waals surface area contributed by atoms with Gasteiger partial charge in [0.25, 0.3) is 5.91 Å². The Morgan fingerprint density at radius 1 is 1.12 bits per heavy atom. The molecule has 0 atom stereocenters. The number of benzene rings is 2. The van der Waals surface area contributed by atoms with Gasteiger partial charge in [-0.1, -0.05) is 11.6 Å². The Balaban J connectivity index is 1.47. The number of hydrogen-bond donors (Lipinski definition) is 1. The molecule has 124 valence electrons. The fourth-order valence-corrected chi connectivity index (χ4v) is 3.48. The van der Waals surface area contributed by atoms with Crippen molar-refractivity contribution in [2.45, 2.75) is 19.3 Å². The van der Waals surface area contributed by atoms with Crippen molar-refractivity contribution in [1.82, 2.24) is 5.32 Å². The summed E-state index contributed by atoms with van der Waals surface area (Å²) in [4.78, 5) is 12.2. The van der Waals surface area contributed by atoms with Crippen LogP contribution in [0.3, 0.4) is 0 Å². The zero-order valence-electron chi connectivity index (χ0n) is 13.2. The number of ether oxygens (including phenoxy) is 2. The molecule has 0 aliphatic carbocycles. The summed E-state index contributed by atoms with van der Waals surface area (Å²) in [5, 5.41) is 3.60. The summed E-state index contributed by atoms with van der Waals surface area (Å²) in [6.07, 6.45) is 2.58. The Morgan fingerprint density at radius 2 is 1.92 bits per heavy atom. The third-order valence-corrected chi connectivity index (χ3v) is 4.78. The van der Waals surface area contributed by atoms with Gasteiger partial charge in [-0.3, -0.25) is 4.79 Å². The van der Waals surface area contributed by atoms with E-state index in [1.54, 1.807) is 24.3 Å². The molecule has 0 spiro atoms. The predicted molar refractivity (Wildman–Crippen MR) is 92.3 cm³/mol. The highest BCUT2D eigenvalue weighted by molar-refractivity contribution is 6.30. The fraction of sp³-hybridized carbons (Fsp3) is 0.316. The Kier molecular flexibility index (Phi) is 4.07. The van der Waals surface area contributed by atoms with Crippen LogP contribution in [0.5, 0.6) is 11.5 Å². The molecule has 2 heterocycles. The van der Waals surface area contributed by atoms with Crippen molar-refractivity contribution < 1.29 is 14.3 Å². The first-order valence-electron chi connectivity index (χ1n) is 8.19. The second kappa shape index (κ2) is 6.36. The van der Waals surface area contributed by atoms with Gasteiger partial charge in [0.05, 0.1) is 13.2 Å². The summed E-state index contributed by atoms with van der Waals surface area (Å²) in [6, 6.07) is 9.01. The topological polar surface area (TPSA) is 47.6 Å². The quantitative estimate of drug-likeness (QED) is 0.927. The van der Waals surface area contributed by atoms with Gasteiger partial charge in [0.2, 0.25) is 0 Å². The van der Waals surface area contributed by atoms with Gasteiger partial charge in [-0.25, -0.2) is 0 Å². The van der Waals surface area contributed by atoms with Crippen molar-refractivity contribution in [1.29, 1.82) is 0 Å². The highest BCUT2D eigenvalue weighted by Crippen LogP contribution is 2.40. The fourth-order valence-electron chi connectivity index (χ4n) is 3.35. The number of nitrogens with one attached hydrogen (secondary N) is 1. The molecule has 5 heteroatoms. The Hall–Kier alpha value is -2.20. The van der Waals surface area contributed by atoms with Crippen LogP contribution in [0.4, 0.5) is 0 Å². The molecule has 0 saturated carbocycles. The lowest BCUT2D eigenvalue weighted by molar-refractivity contribution is 0.0954. The lowest BCUT2D eigenvalue weighted by atomic mass is 9.97. The van der Waals surface area contributed by atoms with E-state index in [1.807, 2.05) is 0 Å². The van der Waals surface area contributed by atoms with E-state index in [9.17, 15) is 4.79 Å². The average Bonchev–Trinajstić information content (AvgIpc) is 3.23. The third kappa shape index (κ3) is 2.82. The lowest BCUT2D eigenvalue weighted by Crippen LogP contribution is -2.26. The molecule has 1 N–H and O–H groups in total. The van der Waals surface area contributed by atoms with Gasteiger partial charge in [0, 0.05) is 46.7 Å². The van der Waals surface area contributed by atoms with Gasteiger partial charge in [-0.15, -0.1) is 0 Å². The number of hydrogen-bond acceptors (Lipinski definition) is 3. The van der Waals surface area contributed by atoms with Gasteiger partial charge in [0.1, 0.15) is 11.5 Å². The summed E-state index contributed by atoms with van der Waals surface area (Å²) in [6.45, 7) is 2.01. The highest BCUT2D eigenvalue weighted by Gasteiger charge is 2.26. The Morgan fingerprint density at radius 3 is 2.75 bits per heavy atom. The first kappa shape index (κ1) is 15.3. The maximum absolute atomic E-state index is 12.2. The second-order valence-electron chi connectivity index (χ2n) is 6.03. The molecule has 2 aromatic rings. The molecular formula is C19H18ClNO3. The number of fused-ring (bicyclic) bond motifs is 2. The molecule has 2 aromatic carbocycles. The van der Waals surface area contributed by atoms with E-state index in [0.717, 1.165) is 44.0 Å². The van der Waals surface area contributed by atoms with Crippen molar-refractivity contribution in [2.24, 2.45) is 0 Å². The number of rotatable bonds is 4. The zero-order valence-corrected chi connectivity index (χ0v) is 14.0. The summed E-state index contributed by atoms with van der Waals surface area (Å²) < 4.78 is 11.5. The molecule has 0 radical (unpaired) electrons. The highest BCUT2D eigenvalue weighted by atomic mass is 35.5. The molecule has 4 rings (SSSR count). The molecule has 1 amide bonds. The standard InChI is InChI=1S/C19H18ClNO3/c20-14-3-1-12(2-4-14)19(22)21-8-5-16-15-7-10-23-17(15)11-13-6-9-24-18(13)16/h1-4,11H,5-10H2,(H,21,22). The first-order valence-corrected chi connectivity index (χ1v) is 8.57. The molecule has 24 heavy (non-hydrogen) atoms. The van der Waals surface area contributed by atoms with Crippen LogP contribution in [0.15, 0.2) is 30.3 Å². The van der Waals surface area contributed by atoms with Crippen LogP contribution >= 0.6 is 11.6 Å². The smallest absolute Gasteiger partial charge is 0.251 e.